The van der Waals surface area contributed by atoms with Crippen molar-refractivity contribution >= 4 is 16.0 Å². The minimum atomic E-state index is -3.82. The Kier molecular flexibility index (Phi) is 5.27. The third kappa shape index (κ3) is 3.78. The number of hydrogen-bond acceptors (Lipinski definition) is 4. The number of aromatic carboxylic acids is 1. The average Bonchev–Trinajstić information content (AvgIpc) is 2.31. The number of benzene rings is 1. The quantitative estimate of drug-likeness (QED) is 0.728. The van der Waals surface area contributed by atoms with Crippen LogP contribution in [-0.4, -0.2) is 37.2 Å². The molecular weight excluding hydrogens is 282 g/mol. The normalized spacial score (nSPS) is 13.2. The van der Waals surface area contributed by atoms with E-state index >= 15 is 0 Å². The van der Waals surface area contributed by atoms with Crippen LogP contribution in [0.2, 0.25) is 0 Å². The molecule has 1 aromatic carbocycles. The third-order valence-electron chi connectivity index (χ3n) is 3.07. The molecular formula is C13H19NO5S. The number of carboxylic acids is 1. The van der Waals surface area contributed by atoms with Crippen LogP contribution in [0, 0.1) is 13.8 Å². The molecule has 112 valence electrons. The molecule has 0 fully saturated rings. The van der Waals surface area contributed by atoms with Gasteiger partial charge in [0.2, 0.25) is 10.0 Å². The van der Waals surface area contributed by atoms with Crippen molar-refractivity contribution in [1.29, 1.82) is 0 Å². The Bertz CT molecular complexity index is 609. The van der Waals surface area contributed by atoms with Gasteiger partial charge in [0, 0.05) is 12.6 Å². The molecule has 1 unspecified atom stereocenters. The fourth-order valence-corrected chi connectivity index (χ4v) is 3.43. The van der Waals surface area contributed by atoms with E-state index in [0.717, 1.165) is 6.07 Å². The highest BCUT2D eigenvalue weighted by molar-refractivity contribution is 7.89. The van der Waals surface area contributed by atoms with Crippen molar-refractivity contribution in [2.75, 3.05) is 6.61 Å². The van der Waals surface area contributed by atoms with Crippen LogP contribution < -0.4 is 4.72 Å². The van der Waals surface area contributed by atoms with Gasteiger partial charge in [0.1, 0.15) is 0 Å². The number of aliphatic hydroxyl groups is 1. The van der Waals surface area contributed by atoms with E-state index < -0.39 is 22.0 Å². The van der Waals surface area contributed by atoms with E-state index in [1.54, 1.807) is 20.8 Å². The van der Waals surface area contributed by atoms with Gasteiger partial charge in [-0.3, -0.25) is 0 Å². The molecule has 0 aliphatic carbocycles. The van der Waals surface area contributed by atoms with Gasteiger partial charge in [-0.05, 0) is 50.5 Å². The Hall–Kier alpha value is -1.44. The molecule has 0 radical (unpaired) electrons. The molecule has 0 aliphatic rings. The standard InChI is InChI=1S/C13H19NO5S/c1-8-6-11(13(16)17)7-12(10(8)3)20(18,19)14-9(2)4-5-15/h6-7,9,14-15H,4-5H2,1-3H3,(H,16,17). The Morgan fingerprint density at radius 2 is 1.95 bits per heavy atom. The van der Waals surface area contributed by atoms with Gasteiger partial charge in [0.05, 0.1) is 10.5 Å². The third-order valence-corrected chi connectivity index (χ3v) is 4.79. The van der Waals surface area contributed by atoms with Gasteiger partial charge in [0.15, 0.2) is 0 Å². The summed E-state index contributed by atoms with van der Waals surface area (Å²) >= 11 is 0. The van der Waals surface area contributed by atoms with Crippen molar-refractivity contribution in [3.63, 3.8) is 0 Å². The Morgan fingerprint density at radius 3 is 2.45 bits per heavy atom. The van der Waals surface area contributed by atoms with E-state index in [0.29, 0.717) is 11.1 Å². The van der Waals surface area contributed by atoms with Gasteiger partial charge >= 0.3 is 5.97 Å². The van der Waals surface area contributed by atoms with Gasteiger partial charge in [-0.2, -0.15) is 0 Å². The van der Waals surface area contributed by atoms with Crippen LogP contribution in [-0.2, 0) is 10.0 Å². The first kappa shape index (κ1) is 16.6. The van der Waals surface area contributed by atoms with Gasteiger partial charge in [-0.15, -0.1) is 0 Å². The molecule has 0 saturated heterocycles. The summed E-state index contributed by atoms with van der Waals surface area (Å²) in [7, 11) is -3.82. The molecule has 1 rings (SSSR count). The molecule has 0 saturated carbocycles. The summed E-state index contributed by atoms with van der Waals surface area (Å²) in [5.41, 5.74) is 1.04. The van der Waals surface area contributed by atoms with Crippen LogP contribution in [0.4, 0.5) is 0 Å². The molecule has 0 bridgehead atoms. The topological polar surface area (TPSA) is 104 Å². The molecule has 1 atom stereocenters. The van der Waals surface area contributed by atoms with E-state index in [1.165, 1.54) is 6.07 Å². The second-order valence-electron chi connectivity index (χ2n) is 4.76. The summed E-state index contributed by atoms with van der Waals surface area (Å²) in [6.07, 6.45) is 0.288. The van der Waals surface area contributed by atoms with Crippen molar-refractivity contribution in [2.45, 2.75) is 38.1 Å². The molecule has 0 amide bonds. The molecule has 0 aliphatic heterocycles. The number of carbonyl (C=O) groups is 1. The summed E-state index contributed by atoms with van der Waals surface area (Å²) in [6.45, 7) is 4.80. The first-order valence-corrected chi connectivity index (χ1v) is 7.65. The highest BCUT2D eigenvalue weighted by Crippen LogP contribution is 2.21. The number of aryl methyl sites for hydroxylation is 1. The number of sulfonamides is 1. The lowest BCUT2D eigenvalue weighted by molar-refractivity contribution is 0.0696. The van der Waals surface area contributed by atoms with Crippen molar-refractivity contribution < 1.29 is 23.4 Å². The zero-order valence-electron chi connectivity index (χ0n) is 11.7. The van der Waals surface area contributed by atoms with Crippen molar-refractivity contribution in [1.82, 2.24) is 4.72 Å². The molecule has 0 spiro atoms. The fraction of sp³-hybridized carbons (Fsp3) is 0.462. The van der Waals surface area contributed by atoms with E-state index in [1.807, 2.05) is 0 Å². The summed E-state index contributed by atoms with van der Waals surface area (Å²) in [5.74, 6) is -1.17. The van der Waals surface area contributed by atoms with Gasteiger partial charge < -0.3 is 10.2 Å². The zero-order valence-corrected chi connectivity index (χ0v) is 12.5. The maximum atomic E-state index is 12.3. The lowest BCUT2D eigenvalue weighted by atomic mass is 10.1. The smallest absolute Gasteiger partial charge is 0.335 e. The van der Waals surface area contributed by atoms with E-state index in [4.69, 9.17) is 10.2 Å². The minimum Gasteiger partial charge on any atom is -0.478 e. The highest BCUT2D eigenvalue weighted by atomic mass is 32.2. The van der Waals surface area contributed by atoms with Crippen LogP contribution in [0.5, 0.6) is 0 Å². The zero-order chi connectivity index (χ0) is 15.5. The number of carboxylic acid groups (broad SMARTS) is 1. The molecule has 6 nitrogen and oxygen atoms in total. The number of rotatable bonds is 6. The number of nitrogens with one attached hydrogen (secondary N) is 1. The summed E-state index contributed by atoms with van der Waals surface area (Å²) < 4.78 is 27.0. The van der Waals surface area contributed by atoms with Crippen LogP contribution in [0.15, 0.2) is 17.0 Å². The van der Waals surface area contributed by atoms with E-state index in [9.17, 15) is 13.2 Å². The van der Waals surface area contributed by atoms with Crippen molar-refractivity contribution in [3.05, 3.63) is 28.8 Å². The van der Waals surface area contributed by atoms with Crippen LogP contribution >= 0.6 is 0 Å². The molecule has 7 heteroatoms. The summed E-state index contributed by atoms with van der Waals surface area (Å²) in [6, 6.07) is 2.16. The number of aliphatic hydroxyl groups excluding tert-OH is 1. The minimum absolute atomic E-state index is 0.0420. The molecule has 3 N–H and O–H groups in total. The first-order valence-electron chi connectivity index (χ1n) is 6.16. The summed E-state index contributed by atoms with van der Waals surface area (Å²) in [5, 5.41) is 17.8. The van der Waals surface area contributed by atoms with E-state index in [2.05, 4.69) is 4.72 Å². The molecule has 20 heavy (non-hydrogen) atoms. The predicted molar refractivity (Wildman–Crippen MR) is 74.4 cm³/mol. The maximum absolute atomic E-state index is 12.3. The van der Waals surface area contributed by atoms with Crippen molar-refractivity contribution in [2.24, 2.45) is 0 Å². The predicted octanol–water partition coefficient (Wildman–Crippen LogP) is 1.05. The number of hydrogen-bond donors (Lipinski definition) is 3. The molecule has 0 aromatic heterocycles. The Labute approximate surface area is 118 Å². The van der Waals surface area contributed by atoms with Gasteiger partial charge in [-0.25, -0.2) is 17.9 Å². The van der Waals surface area contributed by atoms with Gasteiger partial charge in [0.25, 0.3) is 0 Å². The molecule has 1 aromatic rings. The Morgan fingerprint density at radius 1 is 1.35 bits per heavy atom. The highest BCUT2D eigenvalue weighted by Gasteiger charge is 2.22. The first-order chi connectivity index (χ1) is 9.19. The van der Waals surface area contributed by atoms with Crippen LogP contribution in [0.1, 0.15) is 34.8 Å². The van der Waals surface area contributed by atoms with Crippen molar-refractivity contribution in [3.8, 4) is 0 Å². The largest absolute Gasteiger partial charge is 0.478 e. The summed E-state index contributed by atoms with van der Waals surface area (Å²) in [4.78, 5) is 11.0. The van der Waals surface area contributed by atoms with Gasteiger partial charge in [-0.1, -0.05) is 0 Å². The Balaban J connectivity index is 3.27. The second kappa shape index (κ2) is 6.34. The van der Waals surface area contributed by atoms with E-state index in [-0.39, 0.29) is 23.5 Å². The monoisotopic (exact) mass is 301 g/mol. The SMILES string of the molecule is Cc1cc(C(=O)O)cc(S(=O)(=O)NC(C)CCO)c1C. The van der Waals surface area contributed by atoms with Crippen LogP contribution in [0.25, 0.3) is 0 Å². The lowest BCUT2D eigenvalue weighted by Gasteiger charge is -2.16. The molecule has 0 heterocycles. The average molecular weight is 301 g/mol. The fourth-order valence-electron chi connectivity index (χ4n) is 1.81. The maximum Gasteiger partial charge on any atom is 0.335 e. The van der Waals surface area contributed by atoms with Crippen LogP contribution in [0.3, 0.4) is 0 Å². The second-order valence-corrected chi connectivity index (χ2v) is 6.44. The lowest BCUT2D eigenvalue weighted by Crippen LogP contribution is -2.33.